The third-order valence-corrected chi connectivity index (χ3v) is 3.86. The fourth-order valence-electron chi connectivity index (χ4n) is 2.41. The van der Waals surface area contributed by atoms with Crippen molar-refractivity contribution >= 4 is 5.91 Å². The molecule has 0 radical (unpaired) electrons. The minimum absolute atomic E-state index is 0.0385. The summed E-state index contributed by atoms with van der Waals surface area (Å²) in [4.78, 5) is 14.0. The zero-order chi connectivity index (χ0) is 15.8. The predicted molar refractivity (Wildman–Crippen MR) is 86.4 cm³/mol. The molecule has 0 bridgehead atoms. The highest BCUT2D eigenvalue weighted by atomic mass is 16.5. The Labute approximate surface area is 128 Å². The van der Waals surface area contributed by atoms with Crippen LogP contribution in [-0.2, 0) is 11.2 Å². The van der Waals surface area contributed by atoms with Crippen molar-refractivity contribution in [3.8, 4) is 5.75 Å². The normalized spacial score (nSPS) is 13.6. The van der Waals surface area contributed by atoms with Crippen LogP contribution < -0.4 is 10.5 Å². The van der Waals surface area contributed by atoms with Gasteiger partial charge >= 0.3 is 0 Å². The first-order valence-electron chi connectivity index (χ1n) is 7.62. The maximum absolute atomic E-state index is 12.2. The van der Waals surface area contributed by atoms with Crippen LogP contribution in [0.3, 0.4) is 0 Å². The summed E-state index contributed by atoms with van der Waals surface area (Å²) in [5.74, 6) is 0.978. The zero-order valence-corrected chi connectivity index (χ0v) is 13.6. The van der Waals surface area contributed by atoms with E-state index in [1.54, 1.807) is 12.0 Å². The average molecular weight is 292 g/mol. The third-order valence-electron chi connectivity index (χ3n) is 3.86. The van der Waals surface area contributed by atoms with Gasteiger partial charge in [0.1, 0.15) is 5.75 Å². The molecule has 0 saturated heterocycles. The first-order valence-corrected chi connectivity index (χ1v) is 7.62. The molecule has 1 rings (SSSR count). The molecule has 2 atom stereocenters. The van der Waals surface area contributed by atoms with Crippen LogP contribution in [0.2, 0.25) is 0 Å². The van der Waals surface area contributed by atoms with Gasteiger partial charge in [-0.1, -0.05) is 31.5 Å². The number of nitrogens with two attached hydrogens (primary N) is 1. The molecule has 0 fully saturated rings. The van der Waals surface area contributed by atoms with Gasteiger partial charge in [0.25, 0.3) is 0 Å². The number of rotatable bonds is 8. The molecule has 0 aliphatic heterocycles. The molecule has 4 nitrogen and oxygen atoms in total. The Balaban J connectivity index is 2.61. The van der Waals surface area contributed by atoms with Gasteiger partial charge in [-0.2, -0.15) is 0 Å². The Kier molecular flexibility index (Phi) is 7.23. The first kappa shape index (κ1) is 17.5. The summed E-state index contributed by atoms with van der Waals surface area (Å²) in [6.45, 7) is 4.13. The molecule has 118 valence electrons. The molecule has 1 aromatic rings. The number of benzene rings is 1. The van der Waals surface area contributed by atoms with Crippen LogP contribution in [0.25, 0.3) is 0 Å². The molecule has 21 heavy (non-hydrogen) atoms. The number of methoxy groups -OCH3 is 1. The van der Waals surface area contributed by atoms with Gasteiger partial charge in [-0.05, 0) is 31.4 Å². The van der Waals surface area contributed by atoms with Gasteiger partial charge in [-0.3, -0.25) is 4.79 Å². The standard InChI is InChI=1S/C17H28N2O2/c1-5-8-15(18)12-17(20)19(3)13(2)11-14-9-6-7-10-16(14)21-4/h6-7,9-10,13,15H,5,8,11-12,18H2,1-4H3. The largest absolute Gasteiger partial charge is 0.496 e. The quantitative estimate of drug-likeness (QED) is 0.801. The molecule has 4 heteroatoms. The van der Waals surface area contributed by atoms with Crippen molar-refractivity contribution in [2.75, 3.05) is 14.2 Å². The zero-order valence-electron chi connectivity index (χ0n) is 13.6. The molecule has 2 N–H and O–H groups in total. The highest BCUT2D eigenvalue weighted by Crippen LogP contribution is 2.20. The summed E-state index contributed by atoms with van der Waals surface area (Å²) >= 11 is 0. The Hall–Kier alpha value is -1.55. The van der Waals surface area contributed by atoms with Crippen molar-refractivity contribution in [1.82, 2.24) is 4.90 Å². The van der Waals surface area contributed by atoms with Crippen LogP contribution in [0.4, 0.5) is 0 Å². The van der Waals surface area contributed by atoms with E-state index in [9.17, 15) is 4.79 Å². The van der Waals surface area contributed by atoms with Gasteiger partial charge in [0.2, 0.25) is 5.91 Å². The maximum Gasteiger partial charge on any atom is 0.224 e. The number of hydrogen-bond donors (Lipinski definition) is 1. The summed E-state index contributed by atoms with van der Waals surface area (Å²) in [6.07, 6.45) is 3.09. The lowest BCUT2D eigenvalue weighted by atomic mass is 10.0. The van der Waals surface area contributed by atoms with Crippen LogP contribution >= 0.6 is 0 Å². The minimum atomic E-state index is -0.0385. The summed E-state index contributed by atoms with van der Waals surface area (Å²) in [5, 5.41) is 0. The summed E-state index contributed by atoms with van der Waals surface area (Å²) in [6, 6.07) is 8.00. The topological polar surface area (TPSA) is 55.6 Å². The van der Waals surface area contributed by atoms with Gasteiger partial charge in [0.05, 0.1) is 7.11 Å². The molecular weight excluding hydrogens is 264 g/mol. The lowest BCUT2D eigenvalue weighted by Crippen LogP contribution is -2.39. The summed E-state index contributed by atoms with van der Waals surface area (Å²) in [5.41, 5.74) is 7.07. The third kappa shape index (κ3) is 5.38. The number of likely N-dealkylation sites (N-methyl/N-ethyl adjacent to an activating group) is 1. The van der Waals surface area contributed by atoms with Crippen molar-refractivity contribution in [2.45, 2.75) is 51.6 Å². The van der Waals surface area contributed by atoms with E-state index in [4.69, 9.17) is 10.5 Å². The second kappa shape index (κ2) is 8.67. The van der Waals surface area contributed by atoms with Crippen LogP contribution in [0, 0.1) is 0 Å². The lowest BCUT2D eigenvalue weighted by Gasteiger charge is -2.27. The number of nitrogens with zero attached hydrogens (tertiary/aromatic N) is 1. The molecule has 2 unspecified atom stereocenters. The first-order chi connectivity index (χ1) is 9.99. The second-order valence-electron chi connectivity index (χ2n) is 5.62. The van der Waals surface area contributed by atoms with Gasteiger partial charge < -0.3 is 15.4 Å². The van der Waals surface area contributed by atoms with E-state index in [-0.39, 0.29) is 18.0 Å². The monoisotopic (exact) mass is 292 g/mol. The smallest absolute Gasteiger partial charge is 0.224 e. The predicted octanol–water partition coefficient (Wildman–Crippen LogP) is 2.60. The highest BCUT2D eigenvalue weighted by Gasteiger charge is 2.19. The van der Waals surface area contributed by atoms with E-state index in [1.165, 1.54) is 0 Å². The van der Waals surface area contributed by atoms with Crippen LogP contribution in [0.15, 0.2) is 24.3 Å². The lowest BCUT2D eigenvalue weighted by molar-refractivity contribution is -0.132. The van der Waals surface area contributed by atoms with Crippen molar-refractivity contribution in [3.63, 3.8) is 0 Å². The fourth-order valence-corrected chi connectivity index (χ4v) is 2.41. The number of para-hydroxylation sites is 1. The SMILES string of the molecule is CCCC(N)CC(=O)N(C)C(C)Cc1ccccc1OC. The van der Waals surface area contributed by atoms with Crippen LogP contribution in [-0.4, -0.2) is 37.0 Å². The number of carbonyl (C=O) groups excluding carboxylic acids is 1. The molecule has 1 aromatic carbocycles. The molecule has 1 amide bonds. The molecule has 0 heterocycles. The van der Waals surface area contributed by atoms with Gasteiger partial charge in [-0.25, -0.2) is 0 Å². The van der Waals surface area contributed by atoms with Crippen molar-refractivity contribution in [3.05, 3.63) is 29.8 Å². The fraction of sp³-hybridized carbons (Fsp3) is 0.588. The van der Waals surface area contributed by atoms with Crippen molar-refractivity contribution in [2.24, 2.45) is 5.73 Å². The van der Waals surface area contributed by atoms with E-state index in [2.05, 4.69) is 13.8 Å². The number of hydrogen-bond acceptors (Lipinski definition) is 3. The summed E-state index contributed by atoms with van der Waals surface area (Å²) in [7, 11) is 3.52. The van der Waals surface area contributed by atoms with E-state index >= 15 is 0 Å². The minimum Gasteiger partial charge on any atom is -0.496 e. The van der Waals surface area contributed by atoms with Crippen molar-refractivity contribution in [1.29, 1.82) is 0 Å². The van der Waals surface area contributed by atoms with E-state index < -0.39 is 0 Å². The van der Waals surface area contributed by atoms with Gasteiger partial charge in [0, 0.05) is 25.6 Å². The second-order valence-corrected chi connectivity index (χ2v) is 5.62. The molecule has 0 aliphatic carbocycles. The van der Waals surface area contributed by atoms with E-state index in [0.29, 0.717) is 6.42 Å². The van der Waals surface area contributed by atoms with Crippen LogP contribution in [0.5, 0.6) is 5.75 Å². The molecule has 0 aliphatic rings. The Morgan fingerprint density at radius 1 is 1.38 bits per heavy atom. The molecule has 0 saturated carbocycles. The molecule has 0 spiro atoms. The summed E-state index contributed by atoms with van der Waals surface area (Å²) < 4.78 is 5.36. The highest BCUT2D eigenvalue weighted by molar-refractivity contribution is 5.76. The van der Waals surface area contributed by atoms with Crippen LogP contribution in [0.1, 0.15) is 38.7 Å². The number of ether oxygens (including phenoxy) is 1. The number of amides is 1. The average Bonchev–Trinajstić information content (AvgIpc) is 2.47. The Morgan fingerprint density at radius 3 is 2.67 bits per heavy atom. The Morgan fingerprint density at radius 2 is 2.05 bits per heavy atom. The number of carbonyl (C=O) groups is 1. The molecule has 0 aromatic heterocycles. The van der Waals surface area contributed by atoms with Gasteiger partial charge in [0.15, 0.2) is 0 Å². The molecular formula is C17H28N2O2. The van der Waals surface area contributed by atoms with Gasteiger partial charge in [-0.15, -0.1) is 0 Å². The van der Waals surface area contributed by atoms with Crippen molar-refractivity contribution < 1.29 is 9.53 Å². The Bertz CT molecular complexity index is 448. The van der Waals surface area contributed by atoms with E-state index in [0.717, 1.165) is 30.6 Å². The van der Waals surface area contributed by atoms with E-state index in [1.807, 2.05) is 31.3 Å². The maximum atomic E-state index is 12.2.